The molecule has 3 aromatic rings. The number of rotatable bonds is 2. The van der Waals surface area contributed by atoms with Crippen LogP contribution in [0.5, 0.6) is 5.75 Å². The third kappa shape index (κ3) is 2.93. The number of aryl methyl sites for hydroxylation is 1. The molecule has 2 heterocycles. The van der Waals surface area contributed by atoms with Crippen LogP contribution in [0.2, 0.25) is 5.02 Å². The maximum absolute atomic E-state index is 13.4. The van der Waals surface area contributed by atoms with E-state index in [2.05, 4.69) is 10.5 Å². The van der Waals surface area contributed by atoms with E-state index in [1.54, 1.807) is 12.1 Å². The monoisotopic (exact) mass is 406 g/mol. The van der Waals surface area contributed by atoms with Crippen molar-refractivity contribution < 1.29 is 14.4 Å². The Morgan fingerprint density at radius 2 is 1.90 bits per heavy atom. The van der Waals surface area contributed by atoms with Crippen molar-refractivity contribution in [2.75, 3.05) is 5.32 Å². The van der Waals surface area contributed by atoms with E-state index in [1.807, 2.05) is 43.3 Å². The van der Waals surface area contributed by atoms with Crippen molar-refractivity contribution in [3.05, 3.63) is 87.2 Å². The molecule has 0 radical (unpaired) electrons. The Kier molecular flexibility index (Phi) is 4.21. The predicted octanol–water partition coefficient (Wildman–Crippen LogP) is 5.30. The van der Waals surface area contributed by atoms with E-state index in [9.17, 15) is 9.90 Å². The van der Waals surface area contributed by atoms with Crippen LogP contribution in [0.1, 0.15) is 47.1 Å². The van der Waals surface area contributed by atoms with Gasteiger partial charge in [-0.2, -0.15) is 0 Å². The number of fused-ring (bicyclic) bond motifs is 1. The normalized spacial score (nSPS) is 20.8. The fraction of sp³-hybridized carbons (Fsp3) is 0.217. The summed E-state index contributed by atoms with van der Waals surface area (Å²) < 4.78 is 5.53. The van der Waals surface area contributed by atoms with Crippen molar-refractivity contribution in [2.24, 2.45) is 0 Å². The number of hydrogen-bond donors (Lipinski definition) is 2. The first-order chi connectivity index (χ1) is 14.0. The van der Waals surface area contributed by atoms with Crippen LogP contribution in [0.25, 0.3) is 0 Å². The molecule has 146 valence electrons. The number of halogens is 1. The lowest BCUT2D eigenvalue weighted by atomic mass is 9.72. The van der Waals surface area contributed by atoms with Gasteiger partial charge in [0.15, 0.2) is 5.78 Å². The van der Waals surface area contributed by atoms with E-state index in [4.69, 9.17) is 16.1 Å². The Labute approximate surface area is 173 Å². The number of aromatic hydroxyl groups is 1. The van der Waals surface area contributed by atoms with Crippen LogP contribution in [-0.2, 0) is 4.79 Å². The van der Waals surface area contributed by atoms with Gasteiger partial charge in [0.2, 0.25) is 5.88 Å². The Morgan fingerprint density at radius 3 is 2.66 bits per heavy atom. The molecule has 0 spiro atoms. The molecule has 0 unspecified atom stereocenters. The average molecular weight is 407 g/mol. The Balaban J connectivity index is 1.63. The van der Waals surface area contributed by atoms with Gasteiger partial charge in [0.05, 0.1) is 11.3 Å². The number of allylic oxidation sites excluding steroid dienone is 2. The van der Waals surface area contributed by atoms with Gasteiger partial charge in [-0.3, -0.25) is 4.79 Å². The number of ketones is 1. The molecule has 2 N–H and O–H groups in total. The fourth-order valence-electron chi connectivity index (χ4n) is 4.51. The lowest BCUT2D eigenvalue weighted by molar-refractivity contribution is -0.116. The molecule has 0 saturated carbocycles. The minimum Gasteiger partial charge on any atom is -0.508 e. The Hall–Kier alpha value is -3.05. The quantitative estimate of drug-likeness (QED) is 0.604. The highest BCUT2D eigenvalue weighted by molar-refractivity contribution is 6.30. The summed E-state index contributed by atoms with van der Waals surface area (Å²) in [5, 5.41) is 18.3. The summed E-state index contributed by atoms with van der Waals surface area (Å²) in [7, 11) is 0. The van der Waals surface area contributed by atoms with Crippen LogP contribution in [-0.4, -0.2) is 16.0 Å². The Morgan fingerprint density at radius 1 is 1.14 bits per heavy atom. The van der Waals surface area contributed by atoms with Crippen molar-refractivity contribution in [2.45, 2.75) is 31.6 Å². The second-order valence-corrected chi connectivity index (χ2v) is 8.04. The second-order valence-electron chi connectivity index (χ2n) is 7.60. The van der Waals surface area contributed by atoms with E-state index < -0.39 is 0 Å². The van der Waals surface area contributed by atoms with Gasteiger partial charge in [-0.15, -0.1) is 0 Å². The number of nitrogens with zero attached hydrogens (tertiary/aromatic N) is 1. The molecule has 2 atom stereocenters. The van der Waals surface area contributed by atoms with Crippen LogP contribution >= 0.6 is 11.6 Å². The third-order valence-corrected chi connectivity index (χ3v) is 6.09. The number of benzene rings is 2. The molecule has 0 amide bonds. The maximum Gasteiger partial charge on any atom is 0.233 e. The summed E-state index contributed by atoms with van der Waals surface area (Å²) in [5.41, 5.74) is 4.99. The van der Waals surface area contributed by atoms with Crippen LogP contribution in [0, 0.1) is 6.92 Å². The molecule has 1 aromatic heterocycles. The molecule has 2 aliphatic rings. The van der Waals surface area contributed by atoms with Crippen LogP contribution in [0.4, 0.5) is 5.88 Å². The first-order valence-corrected chi connectivity index (χ1v) is 9.93. The van der Waals surface area contributed by atoms with Gasteiger partial charge in [-0.05, 0) is 42.7 Å². The first kappa shape index (κ1) is 18.0. The molecule has 0 bridgehead atoms. The first-order valence-electron chi connectivity index (χ1n) is 9.55. The van der Waals surface area contributed by atoms with E-state index >= 15 is 0 Å². The number of phenols is 1. The van der Waals surface area contributed by atoms with Gasteiger partial charge >= 0.3 is 0 Å². The molecule has 1 aliphatic carbocycles. The van der Waals surface area contributed by atoms with E-state index in [0.717, 1.165) is 33.7 Å². The minimum atomic E-state index is -0.248. The lowest BCUT2D eigenvalue weighted by Crippen LogP contribution is -2.29. The lowest BCUT2D eigenvalue weighted by Gasteiger charge is -2.34. The number of phenolic OH excluding ortho intramolecular Hbond substituents is 1. The highest BCUT2D eigenvalue weighted by Crippen LogP contribution is 2.49. The fourth-order valence-corrected chi connectivity index (χ4v) is 4.64. The number of hydrogen-bond acceptors (Lipinski definition) is 5. The highest BCUT2D eigenvalue weighted by atomic mass is 35.5. The predicted molar refractivity (Wildman–Crippen MR) is 110 cm³/mol. The van der Waals surface area contributed by atoms with Crippen LogP contribution in [0.3, 0.4) is 0 Å². The molecule has 5 nitrogen and oxygen atoms in total. The molecule has 2 aromatic carbocycles. The molecule has 5 rings (SSSR count). The summed E-state index contributed by atoms with van der Waals surface area (Å²) in [4.78, 5) is 13.4. The summed E-state index contributed by atoms with van der Waals surface area (Å²) in [6, 6.07) is 14.8. The number of Topliss-reactive ketones (excluding diaryl/α,β-unsaturated/α-hetero) is 1. The molecule has 1 aliphatic heterocycles. The van der Waals surface area contributed by atoms with Gasteiger partial charge in [-0.25, -0.2) is 0 Å². The number of carbonyl (C=O) groups is 1. The summed E-state index contributed by atoms with van der Waals surface area (Å²) in [6.45, 7) is 1.89. The number of aromatic nitrogens is 1. The number of para-hydroxylation sites is 1. The minimum absolute atomic E-state index is 0.0678. The van der Waals surface area contributed by atoms with Gasteiger partial charge < -0.3 is 14.9 Å². The van der Waals surface area contributed by atoms with Gasteiger partial charge in [0, 0.05) is 34.5 Å². The summed E-state index contributed by atoms with van der Waals surface area (Å²) in [6.07, 6.45) is 0.962. The third-order valence-electron chi connectivity index (χ3n) is 5.84. The molecule has 29 heavy (non-hydrogen) atoms. The number of nitrogens with one attached hydrogen (secondary N) is 1. The molecule has 0 fully saturated rings. The van der Waals surface area contributed by atoms with E-state index in [-0.39, 0.29) is 23.4 Å². The summed E-state index contributed by atoms with van der Waals surface area (Å²) >= 11 is 6.08. The van der Waals surface area contributed by atoms with Crippen molar-refractivity contribution in [1.29, 1.82) is 0 Å². The van der Waals surface area contributed by atoms with Crippen LogP contribution in [0.15, 0.2) is 64.3 Å². The average Bonchev–Trinajstić information content (AvgIpc) is 3.08. The van der Waals surface area contributed by atoms with Crippen molar-refractivity contribution in [1.82, 2.24) is 5.16 Å². The topological polar surface area (TPSA) is 75.4 Å². The smallest absolute Gasteiger partial charge is 0.233 e. The second kappa shape index (κ2) is 6.78. The van der Waals surface area contributed by atoms with Crippen LogP contribution < -0.4 is 5.32 Å². The zero-order valence-corrected chi connectivity index (χ0v) is 16.5. The van der Waals surface area contributed by atoms with E-state index in [1.165, 1.54) is 0 Å². The van der Waals surface area contributed by atoms with Crippen molar-refractivity contribution in [3.8, 4) is 5.75 Å². The van der Waals surface area contributed by atoms with Gasteiger partial charge in [0.1, 0.15) is 5.75 Å². The zero-order valence-electron chi connectivity index (χ0n) is 15.8. The highest BCUT2D eigenvalue weighted by Gasteiger charge is 2.41. The zero-order chi connectivity index (χ0) is 20.1. The van der Waals surface area contributed by atoms with Crippen molar-refractivity contribution >= 4 is 23.3 Å². The Bertz CT molecular complexity index is 1150. The largest absolute Gasteiger partial charge is 0.508 e. The standard InChI is InChI=1S/C23H19ClN2O3/c1-12-20-21(13-6-8-15(24)9-7-13)22-17(25-23(20)29-26-12)10-14(11-19(22)28)16-4-2-3-5-18(16)27/h2-9,14,21,25,27H,10-11H2,1H3/t14-,21+/m1/s1. The van der Waals surface area contributed by atoms with Gasteiger partial charge in [0.25, 0.3) is 0 Å². The molecular formula is C23H19ClN2O3. The van der Waals surface area contributed by atoms with E-state index in [0.29, 0.717) is 23.7 Å². The maximum atomic E-state index is 13.4. The number of anilines is 1. The molecule has 0 saturated heterocycles. The number of carbonyl (C=O) groups excluding carboxylic acids is 1. The molecule has 6 heteroatoms. The van der Waals surface area contributed by atoms with Crippen molar-refractivity contribution in [3.63, 3.8) is 0 Å². The molecular weight excluding hydrogens is 388 g/mol. The summed E-state index contributed by atoms with van der Waals surface area (Å²) in [5.74, 6) is 0.523. The SMILES string of the molecule is Cc1noc2c1[C@H](c1ccc(Cl)cc1)C1=C(C[C@@H](c3ccccc3O)CC1=O)N2. The van der Waals surface area contributed by atoms with Gasteiger partial charge in [-0.1, -0.05) is 47.1 Å².